The molecular formula is C8H7ClN4S2. The molecule has 0 aliphatic rings. The summed E-state index contributed by atoms with van der Waals surface area (Å²) in [4.78, 5) is 8.04. The molecule has 2 heterocycles. The van der Waals surface area contributed by atoms with Crippen LogP contribution in [0.15, 0.2) is 15.7 Å². The first kappa shape index (κ1) is 10.8. The Kier molecular flexibility index (Phi) is 3.18. The van der Waals surface area contributed by atoms with Gasteiger partial charge in [0.2, 0.25) is 0 Å². The third-order valence-corrected chi connectivity index (χ3v) is 4.04. The molecule has 0 unspecified atom stereocenters. The van der Waals surface area contributed by atoms with Gasteiger partial charge in [-0.25, -0.2) is 9.97 Å². The largest absolute Gasteiger partial charge is 0.229 e. The molecule has 0 aromatic carbocycles. The SMILES string of the molecule is Cc1nnc(Sc2ncnc(Cl)c2C)s1. The number of halogens is 1. The van der Waals surface area contributed by atoms with Gasteiger partial charge in [0.15, 0.2) is 4.34 Å². The van der Waals surface area contributed by atoms with Crippen molar-refractivity contribution in [2.24, 2.45) is 0 Å². The molecule has 0 N–H and O–H groups in total. The maximum atomic E-state index is 5.89. The van der Waals surface area contributed by atoms with Gasteiger partial charge in [0.05, 0.1) is 0 Å². The third-order valence-electron chi connectivity index (χ3n) is 1.67. The second-order valence-electron chi connectivity index (χ2n) is 2.78. The van der Waals surface area contributed by atoms with Gasteiger partial charge < -0.3 is 0 Å². The minimum atomic E-state index is 0.480. The van der Waals surface area contributed by atoms with E-state index in [1.54, 1.807) is 0 Å². The van der Waals surface area contributed by atoms with Crippen LogP contribution in [0.4, 0.5) is 0 Å². The van der Waals surface area contributed by atoms with Gasteiger partial charge in [-0.3, -0.25) is 0 Å². The van der Waals surface area contributed by atoms with Gasteiger partial charge in [0, 0.05) is 5.56 Å². The van der Waals surface area contributed by atoms with Gasteiger partial charge in [0.1, 0.15) is 21.5 Å². The summed E-state index contributed by atoms with van der Waals surface area (Å²) in [6, 6.07) is 0. The first-order valence-corrected chi connectivity index (χ1v) is 6.13. The summed E-state index contributed by atoms with van der Waals surface area (Å²) in [5, 5.41) is 10.2. The van der Waals surface area contributed by atoms with Crippen molar-refractivity contribution in [3.05, 3.63) is 22.1 Å². The molecule has 0 saturated heterocycles. The number of hydrogen-bond acceptors (Lipinski definition) is 6. The Morgan fingerprint density at radius 1 is 1.27 bits per heavy atom. The monoisotopic (exact) mass is 258 g/mol. The van der Waals surface area contributed by atoms with Crippen LogP contribution in [-0.2, 0) is 0 Å². The highest BCUT2D eigenvalue weighted by Gasteiger charge is 2.09. The van der Waals surface area contributed by atoms with Gasteiger partial charge in [0.25, 0.3) is 0 Å². The number of nitrogens with zero attached hydrogens (tertiary/aromatic N) is 4. The average molecular weight is 259 g/mol. The first-order valence-electron chi connectivity index (χ1n) is 4.12. The van der Waals surface area contributed by atoms with Crippen LogP contribution in [0.2, 0.25) is 5.15 Å². The lowest BCUT2D eigenvalue weighted by Gasteiger charge is -2.01. The minimum absolute atomic E-state index is 0.480. The van der Waals surface area contributed by atoms with Crippen molar-refractivity contribution in [1.82, 2.24) is 20.2 Å². The fourth-order valence-corrected chi connectivity index (χ4v) is 2.89. The van der Waals surface area contributed by atoms with E-state index >= 15 is 0 Å². The molecule has 7 heteroatoms. The van der Waals surface area contributed by atoms with Gasteiger partial charge >= 0.3 is 0 Å². The second-order valence-corrected chi connectivity index (χ2v) is 5.56. The normalized spacial score (nSPS) is 10.6. The van der Waals surface area contributed by atoms with Crippen LogP contribution in [0.1, 0.15) is 10.6 Å². The van der Waals surface area contributed by atoms with E-state index in [1.165, 1.54) is 29.4 Å². The van der Waals surface area contributed by atoms with Crippen LogP contribution in [0.5, 0.6) is 0 Å². The molecule has 15 heavy (non-hydrogen) atoms. The zero-order valence-electron chi connectivity index (χ0n) is 8.06. The van der Waals surface area contributed by atoms with E-state index in [1.807, 2.05) is 13.8 Å². The Bertz CT molecular complexity index is 485. The van der Waals surface area contributed by atoms with Crippen LogP contribution in [-0.4, -0.2) is 20.2 Å². The quantitative estimate of drug-likeness (QED) is 0.776. The van der Waals surface area contributed by atoms with Crippen molar-refractivity contribution in [1.29, 1.82) is 0 Å². The predicted octanol–water partition coefficient (Wildman–Crippen LogP) is 2.75. The zero-order chi connectivity index (χ0) is 10.8. The summed E-state index contributed by atoms with van der Waals surface area (Å²) in [5.41, 5.74) is 0.872. The summed E-state index contributed by atoms with van der Waals surface area (Å²) in [6.45, 7) is 3.81. The summed E-state index contributed by atoms with van der Waals surface area (Å²) in [6.07, 6.45) is 1.45. The molecule has 2 aromatic heterocycles. The zero-order valence-corrected chi connectivity index (χ0v) is 10.4. The fraction of sp³-hybridized carbons (Fsp3) is 0.250. The van der Waals surface area contributed by atoms with Crippen molar-refractivity contribution < 1.29 is 0 Å². The Morgan fingerprint density at radius 3 is 2.73 bits per heavy atom. The van der Waals surface area contributed by atoms with Crippen LogP contribution >= 0.6 is 34.7 Å². The molecule has 4 nitrogen and oxygen atoms in total. The first-order chi connectivity index (χ1) is 7.16. The van der Waals surface area contributed by atoms with Crippen molar-refractivity contribution in [3.8, 4) is 0 Å². The molecule has 0 radical (unpaired) electrons. The van der Waals surface area contributed by atoms with Gasteiger partial charge in [-0.15, -0.1) is 10.2 Å². The average Bonchev–Trinajstić information content (AvgIpc) is 2.59. The van der Waals surface area contributed by atoms with E-state index in [-0.39, 0.29) is 0 Å². The van der Waals surface area contributed by atoms with E-state index in [0.29, 0.717) is 5.15 Å². The summed E-state index contributed by atoms with van der Waals surface area (Å²) in [7, 11) is 0. The minimum Gasteiger partial charge on any atom is -0.229 e. The smallest absolute Gasteiger partial charge is 0.180 e. The molecule has 0 amide bonds. The Morgan fingerprint density at radius 2 is 2.07 bits per heavy atom. The fourth-order valence-electron chi connectivity index (χ4n) is 0.919. The van der Waals surface area contributed by atoms with E-state index in [0.717, 1.165) is 19.9 Å². The molecule has 2 aromatic rings. The second kappa shape index (κ2) is 4.42. The molecule has 0 aliphatic carbocycles. The van der Waals surface area contributed by atoms with E-state index in [4.69, 9.17) is 11.6 Å². The van der Waals surface area contributed by atoms with Crippen LogP contribution in [0.25, 0.3) is 0 Å². The molecule has 0 atom stereocenters. The van der Waals surface area contributed by atoms with Crippen molar-refractivity contribution in [2.75, 3.05) is 0 Å². The number of hydrogen-bond donors (Lipinski definition) is 0. The van der Waals surface area contributed by atoms with Crippen LogP contribution in [0, 0.1) is 13.8 Å². The third kappa shape index (κ3) is 2.45. The molecule has 0 bridgehead atoms. The Balaban J connectivity index is 2.28. The molecule has 0 fully saturated rings. The predicted molar refractivity (Wildman–Crippen MR) is 60.5 cm³/mol. The maximum Gasteiger partial charge on any atom is 0.180 e. The lowest BCUT2D eigenvalue weighted by atomic mass is 10.4. The van der Waals surface area contributed by atoms with Crippen LogP contribution < -0.4 is 0 Å². The summed E-state index contributed by atoms with van der Waals surface area (Å²) in [5.74, 6) is 0. The molecule has 0 saturated carbocycles. The lowest BCUT2D eigenvalue weighted by Crippen LogP contribution is -1.89. The van der Waals surface area contributed by atoms with Crippen molar-refractivity contribution in [2.45, 2.75) is 23.2 Å². The lowest BCUT2D eigenvalue weighted by molar-refractivity contribution is 0.969. The molecule has 78 valence electrons. The van der Waals surface area contributed by atoms with Gasteiger partial charge in [-0.05, 0) is 25.6 Å². The topological polar surface area (TPSA) is 51.6 Å². The molecular weight excluding hydrogens is 252 g/mol. The molecule has 0 aliphatic heterocycles. The van der Waals surface area contributed by atoms with E-state index in [2.05, 4.69) is 20.2 Å². The number of rotatable bonds is 2. The van der Waals surface area contributed by atoms with E-state index < -0.39 is 0 Å². The molecule has 0 spiro atoms. The van der Waals surface area contributed by atoms with Crippen molar-refractivity contribution >= 4 is 34.7 Å². The van der Waals surface area contributed by atoms with Crippen molar-refractivity contribution in [3.63, 3.8) is 0 Å². The molecule has 2 rings (SSSR count). The van der Waals surface area contributed by atoms with Crippen LogP contribution in [0.3, 0.4) is 0 Å². The summed E-state index contributed by atoms with van der Waals surface area (Å²) < 4.78 is 0.866. The number of aromatic nitrogens is 4. The summed E-state index contributed by atoms with van der Waals surface area (Å²) >= 11 is 8.88. The Labute approximate surface area is 100 Å². The highest BCUT2D eigenvalue weighted by molar-refractivity contribution is 8.01. The van der Waals surface area contributed by atoms with Gasteiger partial charge in [-0.1, -0.05) is 22.9 Å². The highest BCUT2D eigenvalue weighted by atomic mass is 35.5. The van der Waals surface area contributed by atoms with E-state index in [9.17, 15) is 0 Å². The number of aryl methyl sites for hydroxylation is 1. The Hall–Kier alpha value is -0.720. The maximum absolute atomic E-state index is 5.89. The standard InChI is InChI=1S/C8H7ClN4S2/c1-4-6(9)10-3-11-7(4)15-8-13-12-5(2)14-8/h3H,1-2H3. The highest BCUT2D eigenvalue weighted by Crippen LogP contribution is 2.31. The van der Waals surface area contributed by atoms with Gasteiger partial charge in [-0.2, -0.15) is 0 Å².